The third-order valence-corrected chi connectivity index (χ3v) is 25.9. The summed E-state index contributed by atoms with van der Waals surface area (Å²) in [6.45, 7) is 28.0. The van der Waals surface area contributed by atoms with E-state index in [1.54, 1.807) is 0 Å². The van der Waals surface area contributed by atoms with Crippen LogP contribution in [-0.4, -0.2) is 20.2 Å². The number of benzene rings is 16. The summed E-state index contributed by atoms with van der Waals surface area (Å²) in [6.07, 6.45) is 0. The highest BCUT2D eigenvalue weighted by molar-refractivity contribution is 7.00. The molecule has 0 radical (unpaired) electrons. The highest BCUT2D eigenvalue weighted by Crippen LogP contribution is 2.57. The van der Waals surface area contributed by atoms with Crippen molar-refractivity contribution in [3.8, 4) is 67.0 Å². The number of hydrogen-bond donors (Lipinski definition) is 0. The van der Waals surface area contributed by atoms with Gasteiger partial charge in [0.15, 0.2) is 0 Å². The highest BCUT2D eigenvalue weighted by Gasteiger charge is 2.47. The molecule has 20 aromatic rings. The normalized spacial score (nSPS) is 13.2. The lowest BCUT2D eigenvalue weighted by Crippen LogP contribution is -2.61. The lowest BCUT2D eigenvalue weighted by Gasteiger charge is -2.46. The highest BCUT2D eigenvalue weighted by atomic mass is 15.2. The Hall–Kier alpha value is -13.4. The Bertz CT molecular complexity index is 6950. The molecule has 22 rings (SSSR count). The summed E-state index contributed by atoms with van der Waals surface area (Å²) in [6, 6.07) is 131. The smallest absolute Gasteiger partial charge is 0.252 e. The van der Waals surface area contributed by atoms with Gasteiger partial charge in [0.1, 0.15) is 0 Å². The van der Waals surface area contributed by atoms with Crippen LogP contribution in [0.5, 0.6) is 0 Å². The molecule has 2 aliphatic heterocycles. The lowest BCUT2D eigenvalue weighted by atomic mass is 9.33. The minimum absolute atomic E-state index is 0.0267. The quantitative estimate of drug-likeness (QED) is 0.134. The van der Waals surface area contributed by atoms with Crippen LogP contribution >= 0.6 is 0 Å². The van der Waals surface area contributed by atoms with Crippen LogP contribution in [0.3, 0.4) is 0 Å². The molecule has 0 aliphatic carbocycles. The molecular formula is C112H92BN5. The van der Waals surface area contributed by atoms with E-state index in [1.807, 2.05) is 0 Å². The summed E-state index contributed by atoms with van der Waals surface area (Å²) in [7, 11) is 0. The first-order valence-electron chi connectivity index (χ1n) is 42.0. The maximum Gasteiger partial charge on any atom is 0.252 e. The van der Waals surface area contributed by atoms with Gasteiger partial charge in [0, 0.05) is 99.5 Å². The summed E-state index contributed by atoms with van der Waals surface area (Å²) >= 11 is 0. The largest absolute Gasteiger partial charge is 0.310 e. The van der Waals surface area contributed by atoms with Crippen LogP contribution in [0.25, 0.3) is 149 Å². The first-order valence-corrected chi connectivity index (χ1v) is 42.0. The molecule has 0 saturated heterocycles. The Morgan fingerprint density at radius 2 is 0.542 bits per heavy atom. The van der Waals surface area contributed by atoms with Crippen LogP contribution in [0.15, 0.2) is 340 Å². The topological polar surface area (TPSA) is 20.8 Å². The van der Waals surface area contributed by atoms with Crippen LogP contribution in [0.2, 0.25) is 0 Å². The molecule has 0 bridgehead atoms. The predicted molar refractivity (Wildman–Crippen MR) is 506 cm³/mol. The second-order valence-electron chi connectivity index (χ2n) is 37.3. The van der Waals surface area contributed by atoms with Crippen molar-refractivity contribution in [2.24, 2.45) is 0 Å². The lowest BCUT2D eigenvalue weighted by molar-refractivity contribution is 0.590. The van der Waals surface area contributed by atoms with E-state index < -0.39 is 0 Å². The van der Waals surface area contributed by atoms with E-state index in [-0.39, 0.29) is 28.4 Å². The first-order chi connectivity index (χ1) is 57.1. The molecule has 0 atom stereocenters. The van der Waals surface area contributed by atoms with E-state index in [0.717, 1.165) is 123 Å². The van der Waals surface area contributed by atoms with E-state index in [1.165, 1.54) is 98.3 Å². The molecule has 0 N–H and O–H groups in total. The molecule has 568 valence electrons. The monoisotopic (exact) mass is 1520 g/mol. The van der Waals surface area contributed by atoms with Crippen LogP contribution < -0.4 is 26.2 Å². The van der Waals surface area contributed by atoms with Gasteiger partial charge in [-0.2, -0.15) is 0 Å². The molecule has 4 aromatic heterocycles. The molecule has 2 aliphatic rings. The zero-order chi connectivity index (χ0) is 80.2. The number of para-hydroxylation sites is 4. The van der Waals surface area contributed by atoms with Crippen molar-refractivity contribution in [3.05, 3.63) is 362 Å². The predicted octanol–water partition coefficient (Wildman–Crippen LogP) is 28.6. The van der Waals surface area contributed by atoms with Gasteiger partial charge in [-0.15, -0.1) is 0 Å². The van der Waals surface area contributed by atoms with E-state index in [0.29, 0.717) is 0 Å². The first kappa shape index (κ1) is 71.2. The maximum absolute atomic E-state index is 2.75. The molecule has 0 unspecified atom stereocenters. The maximum atomic E-state index is 2.75. The number of hydrogen-bond acceptors (Lipinski definition) is 2. The van der Waals surface area contributed by atoms with Crippen LogP contribution in [-0.2, 0) is 21.7 Å². The zero-order valence-electron chi connectivity index (χ0n) is 69.1. The van der Waals surface area contributed by atoms with E-state index in [2.05, 4.69) is 446 Å². The number of aromatic nitrogens is 3. The van der Waals surface area contributed by atoms with Crippen molar-refractivity contribution in [2.45, 2.75) is 105 Å². The van der Waals surface area contributed by atoms with Gasteiger partial charge < -0.3 is 23.3 Å². The van der Waals surface area contributed by atoms with Crippen molar-refractivity contribution >= 4 is 139 Å². The minimum atomic E-state index is -0.300. The summed E-state index contributed by atoms with van der Waals surface area (Å²) in [5, 5.41) is 9.99. The van der Waals surface area contributed by atoms with Crippen LogP contribution in [0.1, 0.15) is 105 Å². The van der Waals surface area contributed by atoms with E-state index in [4.69, 9.17) is 0 Å². The second-order valence-corrected chi connectivity index (χ2v) is 37.3. The summed E-state index contributed by atoms with van der Waals surface area (Å²) in [5.74, 6) is 0. The van der Waals surface area contributed by atoms with Gasteiger partial charge in [0.05, 0.1) is 50.0 Å². The number of fused-ring (bicyclic) bond motifs is 16. The molecular weight excluding hydrogens is 1430 g/mol. The number of anilines is 6. The third-order valence-electron chi connectivity index (χ3n) is 25.9. The van der Waals surface area contributed by atoms with E-state index in [9.17, 15) is 0 Å². The molecule has 0 spiro atoms. The molecule has 0 saturated carbocycles. The van der Waals surface area contributed by atoms with Crippen molar-refractivity contribution in [2.75, 3.05) is 9.80 Å². The van der Waals surface area contributed by atoms with Crippen molar-refractivity contribution < 1.29 is 0 Å². The Labute approximate surface area is 691 Å². The third kappa shape index (κ3) is 11.0. The molecule has 6 heteroatoms. The van der Waals surface area contributed by atoms with Gasteiger partial charge in [-0.3, -0.25) is 0 Å². The molecule has 118 heavy (non-hydrogen) atoms. The van der Waals surface area contributed by atoms with Gasteiger partial charge in [-0.05, 0) is 215 Å². The Kier molecular flexibility index (Phi) is 15.7. The molecule has 0 amide bonds. The van der Waals surface area contributed by atoms with Gasteiger partial charge >= 0.3 is 0 Å². The van der Waals surface area contributed by atoms with Gasteiger partial charge in [-0.1, -0.05) is 301 Å². The Morgan fingerprint density at radius 1 is 0.220 bits per heavy atom. The average molecular weight is 1520 g/mol. The number of rotatable bonds is 9. The number of nitrogens with zero attached hydrogens (tertiary/aromatic N) is 5. The second kappa shape index (κ2) is 26.0. The van der Waals surface area contributed by atoms with Crippen molar-refractivity contribution in [1.82, 2.24) is 13.5 Å². The Morgan fingerprint density at radius 3 is 0.907 bits per heavy atom. The molecule has 5 nitrogen and oxygen atoms in total. The van der Waals surface area contributed by atoms with Crippen LogP contribution in [0, 0.1) is 0 Å². The molecule has 6 heterocycles. The molecule has 16 aromatic carbocycles. The fourth-order valence-electron chi connectivity index (χ4n) is 19.9. The summed E-state index contributed by atoms with van der Waals surface area (Å²) in [4.78, 5) is 5.51. The van der Waals surface area contributed by atoms with Gasteiger partial charge in [0.2, 0.25) is 0 Å². The fourth-order valence-corrected chi connectivity index (χ4v) is 19.9. The van der Waals surface area contributed by atoms with E-state index >= 15 is 0 Å². The Balaban J connectivity index is 0.941. The fraction of sp³-hybridized carbons (Fsp3) is 0.143. The SMILES string of the molecule is CC(C)(C)c1cc(-c2ccccc2)c(N2c3cc(-n4c5ccccc5c5ccccc54)ccc3B3c4ccc(-n5c6ccccc6c6ccccc65)cc4N(c4c(-c5ccccc5)cc(C(C)(C)C)cc4-c4ccccc4)c4cc(-c5ccc6c(c5)c5cc(C(C)(C)C)cc7c8cc(C(C)(C)C)ccc8n6c57)cc2c43)c(-c2ccccc2)c1. The van der Waals surface area contributed by atoms with Crippen molar-refractivity contribution in [3.63, 3.8) is 0 Å². The van der Waals surface area contributed by atoms with Gasteiger partial charge in [-0.25, -0.2) is 0 Å². The summed E-state index contributed by atoms with van der Waals surface area (Å²) < 4.78 is 7.61. The summed E-state index contributed by atoms with van der Waals surface area (Å²) in [5.41, 5.74) is 36.9. The minimum Gasteiger partial charge on any atom is -0.310 e. The van der Waals surface area contributed by atoms with Crippen molar-refractivity contribution in [1.29, 1.82) is 0 Å². The molecule has 0 fully saturated rings. The van der Waals surface area contributed by atoms with Crippen LogP contribution in [0.4, 0.5) is 34.1 Å². The van der Waals surface area contributed by atoms with Gasteiger partial charge in [0.25, 0.3) is 6.71 Å². The standard InChI is InChI=1S/C112H92BN5/c1-109(2,3)75-50-56-100-90(60-75)92-66-78(112(10,11)12)65-91-89-57-73(49-55-99(89)116(100)108(91)92)74-58-103-105-104(59-74)118(107-87(71-37-21-15-22-38-71)63-77(111(7,8)9)64-88(107)72-39-23-16-24-40-72)102-68-80(115-97-47-31-27-43-83(97)84-44-28-32-48-98(84)115)52-54-94(102)113(105)93-53-51-79(114-95-45-29-25-41-81(95)82-42-26-30-46-96(82)114)67-101(93)117(103)106-85(69-33-17-13-18-34-69)61-76(110(4,5)6)62-86(106)70-35-19-14-20-36-70/h13-68H,1-12H3. The zero-order valence-corrected chi connectivity index (χ0v) is 69.1. The average Bonchev–Trinajstić information content (AvgIpc) is 1.18.